The van der Waals surface area contributed by atoms with Crippen LogP contribution in [0.25, 0.3) is 5.57 Å². The number of hydroxylamine groups is 1. The van der Waals surface area contributed by atoms with Gasteiger partial charge in [0.15, 0.2) is 0 Å². The summed E-state index contributed by atoms with van der Waals surface area (Å²) in [5.74, 6) is 0.118. The smallest absolute Gasteiger partial charge is 0.345 e. The molecule has 0 amide bonds. The monoisotopic (exact) mass is 422 g/mol. The summed E-state index contributed by atoms with van der Waals surface area (Å²) in [6.07, 6.45) is 0. The molecule has 0 saturated carbocycles. The molecule has 0 unspecified atom stereocenters. The van der Waals surface area contributed by atoms with Crippen molar-refractivity contribution in [1.29, 1.82) is 0 Å². The van der Waals surface area contributed by atoms with Gasteiger partial charge in [-0.05, 0) is 29.3 Å². The number of hydrogen-bond donors (Lipinski definition) is 0. The molecule has 1 heterocycles. The van der Waals surface area contributed by atoms with Gasteiger partial charge in [-0.15, -0.1) is 0 Å². The molecule has 1 aliphatic carbocycles. The molecule has 4 rings (SSSR count). The van der Waals surface area contributed by atoms with E-state index in [9.17, 15) is 10.0 Å². The van der Waals surface area contributed by atoms with Crippen LogP contribution in [-0.4, -0.2) is 74.9 Å². The lowest BCUT2D eigenvalue weighted by molar-refractivity contribution is -0.421. The van der Waals surface area contributed by atoms with Gasteiger partial charge in [-0.25, -0.2) is 9.53 Å². The molecule has 1 aliphatic heterocycles. The molecule has 1 fully saturated rings. The lowest BCUT2D eigenvalue weighted by atomic mass is 9.97. The van der Waals surface area contributed by atoms with Crippen LogP contribution in [0, 0.1) is 5.21 Å². The second-order valence-electron chi connectivity index (χ2n) is 7.46. The summed E-state index contributed by atoms with van der Waals surface area (Å²) in [6, 6.07) is 15.2. The molecule has 0 atom stereocenters. The normalized spacial score (nSPS) is 18.0. The number of carbonyl (C=O) groups excluding carboxylic acids is 1. The van der Waals surface area contributed by atoms with E-state index < -0.39 is 5.97 Å². The third-order valence-corrected chi connectivity index (χ3v) is 5.55. The van der Waals surface area contributed by atoms with Crippen LogP contribution in [0.1, 0.15) is 16.7 Å². The van der Waals surface area contributed by atoms with Crippen LogP contribution in [0.4, 0.5) is 0 Å². The molecule has 7 heteroatoms. The number of fused-ring (bicyclic) bond motifs is 1. The maximum absolute atomic E-state index is 12.7. The summed E-state index contributed by atoms with van der Waals surface area (Å²) < 4.78 is 17.1. The van der Waals surface area contributed by atoms with Crippen molar-refractivity contribution in [2.75, 3.05) is 53.6 Å². The predicted octanol–water partition coefficient (Wildman–Crippen LogP) is 2.32. The fraction of sp³-hybridized carbons (Fsp3) is 0.333. The molecular weight excluding hydrogens is 396 g/mol. The number of nitrogens with zero attached hydrogens (tertiary/aromatic N) is 2. The van der Waals surface area contributed by atoms with Crippen molar-refractivity contribution in [3.63, 3.8) is 0 Å². The molecule has 0 spiro atoms. The van der Waals surface area contributed by atoms with Crippen LogP contribution < -0.4 is 4.74 Å². The quantitative estimate of drug-likeness (QED) is 0.308. The van der Waals surface area contributed by atoms with Crippen molar-refractivity contribution in [3.05, 3.63) is 76.0 Å². The predicted molar refractivity (Wildman–Crippen MR) is 117 cm³/mol. The first-order valence-electron chi connectivity index (χ1n) is 10.3. The van der Waals surface area contributed by atoms with Crippen molar-refractivity contribution < 1.29 is 23.7 Å². The largest absolute Gasteiger partial charge is 0.624 e. The lowest BCUT2D eigenvalue weighted by Gasteiger charge is -2.26. The van der Waals surface area contributed by atoms with Gasteiger partial charge in [0.05, 0.1) is 25.9 Å². The fourth-order valence-corrected chi connectivity index (χ4v) is 4.06. The van der Waals surface area contributed by atoms with Crippen molar-refractivity contribution in [3.8, 4) is 5.75 Å². The Bertz CT molecular complexity index is 1020. The Kier molecular flexibility index (Phi) is 6.34. The van der Waals surface area contributed by atoms with E-state index in [2.05, 4.69) is 4.90 Å². The zero-order chi connectivity index (χ0) is 21.8. The summed E-state index contributed by atoms with van der Waals surface area (Å²) in [6.45, 7) is 4.64. The van der Waals surface area contributed by atoms with Gasteiger partial charge in [0.2, 0.25) is 5.71 Å². The molecule has 0 N–H and O–H groups in total. The van der Waals surface area contributed by atoms with E-state index in [4.69, 9.17) is 14.2 Å². The molecule has 31 heavy (non-hydrogen) atoms. The summed E-state index contributed by atoms with van der Waals surface area (Å²) >= 11 is 0. The molecule has 0 bridgehead atoms. The van der Waals surface area contributed by atoms with Crippen LogP contribution in [0.5, 0.6) is 5.75 Å². The van der Waals surface area contributed by atoms with E-state index in [1.54, 1.807) is 0 Å². The van der Waals surface area contributed by atoms with Crippen molar-refractivity contribution >= 4 is 17.3 Å². The molecule has 1 saturated heterocycles. The second-order valence-corrected chi connectivity index (χ2v) is 7.46. The molecule has 7 nitrogen and oxygen atoms in total. The maximum Gasteiger partial charge on any atom is 0.345 e. The molecule has 2 aliphatic rings. The minimum absolute atomic E-state index is 0.270. The Morgan fingerprint density at radius 1 is 1.13 bits per heavy atom. The third kappa shape index (κ3) is 4.33. The highest BCUT2D eigenvalue weighted by molar-refractivity contribution is 6.35. The number of ether oxygens (including phenoxy) is 3. The molecule has 0 radical (unpaired) electrons. The van der Waals surface area contributed by atoms with Gasteiger partial charge in [0.1, 0.15) is 25.0 Å². The van der Waals surface area contributed by atoms with E-state index in [-0.39, 0.29) is 5.57 Å². The molecule has 0 aromatic heterocycles. The van der Waals surface area contributed by atoms with E-state index in [0.717, 1.165) is 48.7 Å². The summed E-state index contributed by atoms with van der Waals surface area (Å²) in [7, 11) is 2.71. The van der Waals surface area contributed by atoms with Gasteiger partial charge in [-0.3, -0.25) is 4.90 Å². The van der Waals surface area contributed by atoms with Crippen LogP contribution in [0.3, 0.4) is 0 Å². The Morgan fingerprint density at radius 3 is 2.55 bits per heavy atom. The second kappa shape index (κ2) is 9.32. The van der Waals surface area contributed by atoms with E-state index in [0.29, 0.717) is 29.2 Å². The molecule has 162 valence electrons. The standard InChI is InChI=1S/C24H26N2O5/c1-25(28)23-20-16-18(31-15-12-26-10-13-30-14-11-26)8-9-19(20)21(22(23)24(27)29-2)17-6-4-3-5-7-17/h3-9,16H,10-15H2,1-2H3/b25-23-. The number of esters is 1. The van der Waals surface area contributed by atoms with Crippen LogP contribution in [-0.2, 0) is 14.3 Å². The Balaban J connectivity index is 1.67. The highest BCUT2D eigenvalue weighted by Crippen LogP contribution is 2.39. The lowest BCUT2D eigenvalue weighted by Crippen LogP contribution is -2.38. The fourth-order valence-electron chi connectivity index (χ4n) is 4.06. The average molecular weight is 422 g/mol. The minimum atomic E-state index is -0.539. The number of carbonyl (C=O) groups is 1. The van der Waals surface area contributed by atoms with Gasteiger partial charge in [-0.1, -0.05) is 30.3 Å². The highest BCUT2D eigenvalue weighted by atomic mass is 16.5. The van der Waals surface area contributed by atoms with Gasteiger partial charge < -0.3 is 19.4 Å². The maximum atomic E-state index is 12.7. The summed E-state index contributed by atoms with van der Waals surface area (Å²) in [4.78, 5) is 15.0. The Hall–Kier alpha value is -3.16. The molecule has 2 aromatic carbocycles. The van der Waals surface area contributed by atoms with Gasteiger partial charge in [-0.2, -0.15) is 0 Å². The number of hydrogen-bond acceptors (Lipinski definition) is 6. The van der Waals surface area contributed by atoms with E-state index in [1.165, 1.54) is 14.2 Å². The zero-order valence-corrected chi connectivity index (χ0v) is 17.8. The number of methoxy groups -OCH3 is 1. The first-order valence-corrected chi connectivity index (χ1v) is 10.3. The first-order chi connectivity index (χ1) is 15.1. The Labute approximate surface area is 181 Å². The summed E-state index contributed by atoms with van der Waals surface area (Å²) in [5, 5.41) is 12.5. The van der Waals surface area contributed by atoms with Crippen molar-refractivity contribution in [1.82, 2.24) is 4.90 Å². The average Bonchev–Trinajstić information content (AvgIpc) is 3.14. The van der Waals surface area contributed by atoms with Crippen LogP contribution in [0.15, 0.2) is 54.1 Å². The topological polar surface area (TPSA) is 74.1 Å². The van der Waals surface area contributed by atoms with Gasteiger partial charge in [0, 0.05) is 25.2 Å². The molecular formula is C24H26N2O5. The summed E-state index contributed by atoms with van der Waals surface area (Å²) in [5.41, 5.74) is 3.58. The zero-order valence-electron chi connectivity index (χ0n) is 17.8. The minimum Gasteiger partial charge on any atom is -0.624 e. The highest BCUT2D eigenvalue weighted by Gasteiger charge is 2.38. The number of benzene rings is 2. The van der Waals surface area contributed by atoms with E-state index >= 15 is 0 Å². The van der Waals surface area contributed by atoms with Crippen LogP contribution >= 0.6 is 0 Å². The van der Waals surface area contributed by atoms with Crippen molar-refractivity contribution in [2.24, 2.45) is 0 Å². The number of rotatable bonds is 6. The Morgan fingerprint density at radius 2 is 1.87 bits per heavy atom. The third-order valence-electron chi connectivity index (χ3n) is 5.55. The van der Waals surface area contributed by atoms with Crippen LogP contribution in [0.2, 0.25) is 0 Å². The molecule has 2 aromatic rings. The SMILES string of the molecule is COC(=O)C1=C(c2ccccc2)c2ccc(OCCN3CCOCC3)cc2/C1=[N+](\C)[O-]. The van der Waals surface area contributed by atoms with Gasteiger partial charge in [0.25, 0.3) is 0 Å². The number of morpholine rings is 1. The van der Waals surface area contributed by atoms with E-state index in [1.807, 2.05) is 48.5 Å². The van der Waals surface area contributed by atoms with Gasteiger partial charge >= 0.3 is 5.97 Å². The van der Waals surface area contributed by atoms with Crippen molar-refractivity contribution in [2.45, 2.75) is 0 Å². The first kappa shape index (κ1) is 21.1.